The van der Waals surface area contributed by atoms with E-state index >= 15 is 4.39 Å². The van der Waals surface area contributed by atoms with Crippen molar-refractivity contribution in [3.8, 4) is 17.0 Å². The molecule has 0 spiro atoms. The number of rotatable bonds is 4. The van der Waals surface area contributed by atoms with Crippen molar-refractivity contribution in [1.82, 2.24) is 14.9 Å². The highest BCUT2D eigenvalue weighted by atomic mass is 19.1. The van der Waals surface area contributed by atoms with Gasteiger partial charge < -0.3 is 25.3 Å². The van der Waals surface area contributed by atoms with Gasteiger partial charge in [0.1, 0.15) is 24.2 Å². The molecule has 4 N–H and O–H groups in total. The number of nitrogen functional groups attached to an aromatic ring is 1. The lowest BCUT2D eigenvalue weighted by atomic mass is 9.87. The summed E-state index contributed by atoms with van der Waals surface area (Å²) in [6.07, 6.45) is 3.98. The summed E-state index contributed by atoms with van der Waals surface area (Å²) in [4.78, 5) is 23.5. The molecule has 1 saturated heterocycles. The highest BCUT2D eigenvalue weighted by Gasteiger charge is 2.36. The third-order valence-electron chi connectivity index (χ3n) is 7.37. The maximum atomic E-state index is 15.4. The Hall–Kier alpha value is -3.70. The summed E-state index contributed by atoms with van der Waals surface area (Å²) >= 11 is 0. The number of amides is 1. The van der Waals surface area contributed by atoms with Crippen molar-refractivity contribution in [2.45, 2.75) is 31.9 Å². The molecule has 0 atom stereocenters. The molecule has 37 heavy (non-hydrogen) atoms. The highest BCUT2D eigenvalue weighted by Crippen LogP contribution is 2.39. The first-order valence-electron chi connectivity index (χ1n) is 12.5. The lowest BCUT2D eigenvalue weighted by Gasteiger charge is -2.43. The number of pyridine rings is 2. The van der Waals surface area contributed by atoms with E-state index in [1.54, 1.807) is 18.3 Å². The SMILES string of the molecule is Cc1c(-c2cc3cc(NC(=O)OC4CC(N5CCOCC5)C4)ncc3c(N)c2F)cnc2c1NCCO2. The monoisotopic (exact) mass is 508 g/mol. The molecule has 1 amide bonds. The van der Waals surface area contributed by atoms with E-state index in [1.807, 2.05) is 6.92 Å². The summed E-state index contributed by atoms with van der Waals surface area (Å²) in [5.41, 5.74) is 8.62. The van der Waals surface area contributed by atoms with E-state index in [9.17, 15) is 4.79 Å². The largest absolute Gasteiger partial charge is 0.474 e. The summed E-state index contributed by atoms with van der Waals surface area (Å²) in [5, 5.41) is 7.05. The van der Waals surface area contributed by atoms with E-state index in [1.165, 1.54) is 6.20 Å². The first kappa shape index (κ1) is 23.7. The number of nitrogens with two attached hydrogens (primary N) is 1. The van der Waals surface area contributed by atoms with Gasteiger partial charge in [0.25, 0.3) is 0 Å². The minimum atomic E-state index is -0.562. The van der Waals surface area contributed by atoms with Gasteiger partial charge in [0.05, 0.1) is 18.9 Å². The second kappa shape index (κ2) is 9.64. The quantitative estimate of drug-likeness (QED) is 0.454. The van der Waals surface area contributed by atoms with Gasteiger partial charge in [-0.25, -0.2) is 19.2 Å². The Labute approximate surface area is 213 Å². The van der Waals surface area contributed by atoms with E-state index in [0.717, 1.165) is 50.4 Å². The Balaban J connectivity index is 1.19. The van der Waals surface area contributed by atoms with Crippen molar-refractivity contribution in [1.29, 1.82) is 0 Å². The van der Waals surface area contributed by atoms with E-state index in [0.29, 0.717) is 52.8 Å². The molecule has 0 bridgehead atoms. The van der Waals surface area contributed by atoms with Gasteiger partial charge in [0.15, 0.2) is 5.82 Å². The van der Waals surface area contributed by atoms with Crippen molar-refractivity contribution in [2.24, 2.45) is 0 Å². The number of carbonyl (C=O) groups excluding carboxylic acids is 1. The number of fused-ring (bicyclic) bond motifs is 2. The van der Waals surface area contributed by atoms with Crippen molar-refractivity contribution < 1.29 is 23.4 Å². The Morgan fingerprint density at radius 1 is 1.19 bits per heavy atom. The molecule has 3 aromatic rings. The molecule has 4 heterocycles. The van der Waals surface area contributed by atoms with Crippen LogP contribution in [0.25, 0.3) is 21.9 Å². The van der Waals surface area contributed by atoms with Gasteiger partial charge in [-0.05, 0) is 30.0 Å². The molecule has 194 valence electrons. The van der Waals surface area contributed by atoms with Gasteiger partial charge >= 0.3 is 6.09 Å². The summed E-state index contributed by atoms with van der Waals surface area (Å²) in [5.74, 6) is 0.253. The molecule has 10 nitrogen and oxygen atoms in total. The topological polar surface area (TPSA) is 124 Å². The second-order valence-electron chi connectivity index (χ2n) is 9.62. The summed E-state index contributed by atoms with van der Waals surface area (Å²) in [6, 6.07) is 3.79. The van der Waals surface area contributed by atoms with Crippen LogP contribution in [0.15, 0.2) is 24.5 Å². The normalized spacial score (nSPS) is 21.4. The number of morpholine rings is 1. The molecule has 0 unspecified atom stereocenters. The van der Waals surface area contributed by atoms with E-state index < -0.39 is 11.9 Å². The molecule has 2 aliphatic heterocycles. The lowest BCUT2D eigenvalue weighted by Crippen LogP contribution is -2.52. The maximum absolute atomic E-state index is 15.4. The Morgan fingerprint density at radius 3 is 2.81 bits per heavy atom. The molecule has 2 fully saturated rings. The number of nitrogens with one attached hydrogen (secondary N) is 2. The number of carbonyl (C=O) groups is 1. The summed E-state index contributed by atoms with van der Waals surface area (Å²) in [6.45, 7) is 6.39. The minimum Gasteiger partial charge on any atom is -0.474 e. The van der Waals surface area contributed by atoms with Crippen LogP contribution in [-0.2, 0) is 9.47 Å². The molecule has 1 aromatic carbocycles. The number of hydrogen-bond donors (Lipinski definition) is 3. The first-order chi connectivity index (χ1) is 18.0. The van der Waals surface area contributed by atoms with Gasteiger partial charge in [0, 0.05) is 67.4 Å². The molecule has 0 radical (unpaired) electrons. The zero-order valence-electron chi connectivity index (χ0n) is 20.6. The van der Waals surface area contributed by atoms with Crippen LogP contribution in [0.3, 0.4) is 0 Å². The van der Waals surface area contributed by atoms with E-state index in [4.69, 9.17) is 19.9 Å². The van der Waals surface area contributed by atoms with Gasteiger partial charge in [-0.15, -0.1) is 0 Å². The van der Waals surface area contributed by atoms with Crippen LogP contribution in [0.4, 0.5) is 26.4 Å². The molecule has 1 saturated carbocycles. The van der Waals surface area contributed by atoms with E-state index in [-0.39, 0.29) is 11.8 Å². The number of halogens is 1. The lowest BCUT2D eigenvalue weighted by molar-refractivity contribution is -0.0477. The molecule has 2 aromatic heterocycles. The number of hydrogen-bond acceptors (Lipinski definition) is 9. The third-order valence-corrected chi connectivity index (χ3v) is 7.37. The predicted molar refractivity (Wildman–Crippen MR) is 137 cm³/mol. The van der Waals surface area contributed by atoms with Crippen LogP contribution in [0.5, 0.6) is 5.88 Å². The highest BCUT2D eigenvalue weighted by molar-refractivity contribution is 5.99. The zero-order chi connectivity index (χ0) is 25.5. The van der Waals surface area contributed by atoms with Gasteiger partial charge in [-0.3, -0.25) is 10.2 Å². The molecular formula is C26H29FN6O4. The number of anilines is 3. The van der Waals surface area contributed by atoms with E-state index in [2.05, 4.69) is 25.5 Å². The van der Waals surface area contributed by atoms with Gasteiger partial charge in [-0.2, -0.15) is 0 Å². The maximum Gasteiger partial charge on any atom is 0.413 e. The van der Waals surface area contributed by atoms with Crippen molar-refractivity contribution in [3.63, 3.8) is 0 Å². The minimum absolute atomic E-state index is 0.0147. The molecule has 3 aliphatic rings. The average Bonchev–Trinajstić information content (AvgIpc) is 2.89. The average molecular weight is 509 g/mol. The van der Waals surface area contributed by atoms with Crippen LogP contribution < -0.4 is 21.1 Å². The standard InChI is InChI=1S/C26H29FN6O4/c1-14-19(12-31-25-24(14)29-2-5-36-25)18-8-15-9-21(30-13-20(15)23(28)22(18)27)32-26(34)37-17-10-16(11-17)33-3-6-35-7-4-33/h8-9,12-13,16-17,29H,2-7,10-11,28H2,1H3,(H,30,32,34). The second-order valence-corrected chi connectivity index (χ2v) is 9.62. The van der Waals surface area contributed by atoms with Crippen molar-refractivity contribution in [3.05, 3.63) is 35.9 Å². The Bertz CT molecular complexity index is 1360. The smallest absolute Gasteiger partial charge is 0.413 e. The molecule has 1 aliphatic carbocycles. The number of nitrogens with zero attached hydrogens (tertiary/aromatic N) is 3. The van der Waals surface area contributed by atoms with Gasteiger partial charge in [0.2, 0.25) is 5.88 Å². The van der Waals surface area contributed by atoms with Crippen LogP contribution in [0.1, 0.15) is 18.4 Å². The first-order valence-corrected chi connectivity index (χ1v) is 12.5. The molecule has 11 heteroatoms. The molecular weight excluding hydrogens is 479 g/mol. The number of aromatic nitrogens is 2. The molecule has 6 rings (SSSR count). The van der Waals surface area contributed by atoms with Crippen molar-refractivity contribution >= 4 is 34.1 Å². The zero-order valence-corrected chi connectivity index (χ0v) is 20.6. The number of benzene rings is 1. The van der Waals surface area contributed by atoms with Crippen LogP contribution in [0, 0.1) is 12.7 Å². The Morgan fingerprint density at radius 2 is 2.00 bits per heavy atom. The van der Waals surface area contributed by atoms with Crippen LogP contribution >= 0.6 is 0 Å². The van der Waals surface area contributed by atoms with Gasteiger partial charge in [-0.1, -0.05) is 0 Å². The fraction of sp³-hybridized carbons (Fsp3) is 0.423. The van der Waals surface area contributed by atoms with Crippen LogP contribution in [0.2, 0.25) is 0 Å². The Kier molecular flexibility index (Phi) is 6.17. The third kappa shape index (κ3) is 4.49. The summed E-state index contributed by atoms with van der Waals surface area (Å²) in [7, 11) is 0. The summed E-state index contributed by atoms with van der Waals surface area (Å²) < 4.78 is 31.9. The predicted octanol–water partition coefficient (Wildman–Crippen LogP) is 3.54. The van der Waals surface area contributed by atoms with Crippen molar-refractivity contribution in [2.75, 3.05) is 55.8 Å². The van der Waals surface area contributed by atoms with Crippen LogP contribution in [-0.4, -0.2) is 72.6 Å². The fourth-order valence-corrected chi connectivity index (χ4v) is 5.21. The number of ether oxygens (including phenoxy) is 3. The fourth-order valence-electron chi connectivity index (χ4n) is 5.21.